The molecule has 3 nitrogen and oxygen atoms in total. The van der Waals surface area contributed by atoms with Gasteiger partial charge in [0.1, 0.15) is 0 Å². The molecule has 0 bridgehead atoms. The first kappa shape index (κ1) is 13.3. The van der Waals surface area contributed by atoms with Gasteiger partial charge in [-0.05, 0) is 30.3 Å². The molecule has 1 aliphatic heterocycles. The Morgan fingerprint density at radius 3 is 2.89 bits per heavy atom. The van der Waals surface area contributed by atoms with E-state index < -0.39 is 11.5 Å². The predicted molar refractivity (Wildman–Crippen MR) is 73.5 cm³/mol. The van der Waals surface area contributed by atoms with Gasteiger partial charge in [-0.2, -0.15) is 0 Å². The zero-order chi connectivity index (χ0) is 13.8. The molecular formula is C16H24O3. The lowest BCUT2D eigenvalue weighted by atomic mass is 9.63. The molecular weight excluding hydrogens is 240 g/mol. The maximum Gasteiger partial charge on any atom is 0.169 e. The van der Waals surface area contributed by atoms with Crippen LogP contribution in [0.2, 0.25) is 0 Å². The van der Waals surface area contributed by atoms with Gasteiger partial charge >= 0.3 is 0 Å². The van der Waals surface area contributed by atoms with Crippen LogP contribution in [0.5, 0.6) is 0 Å². The van der Waals surface area contributed by atoms with Crippen LogP contribution in [-0.4, -0.2) is 31.2 Å². The van der Waals surface area contributed by atoms with Crippen molar-refractivity contribution in [3.8, 4) is 0 Å². The first-order valence-electron chi connectivity index (χ1n) is 7.15. The highest BCUT2D eigenvalue weighted by molar-refractivity contribution is 5.30. The van der Waals surface area contributed by atoms with Crippen molar-refractivity contribution in [3.63, 3.8) is 0 Å². The van der Waals surface area contributed by atoms with Gasteiger partial charge in [0.05, 0.1) is 18.1 Å². The molecule has 3 rings (SSSR count). The summed E-state index contributed by atoms with van der Waals surface area (Å²) < 4.78 is 11.2. The van der Waals surface area contributed by atoms with Gasteiger partial charge in [-0.1, -0.05) is 32.6 Å². The minimum atomic E-state index is -0.454. The molecule has 2 fully saturated rings. The molecule has 106 valence electrons. The third kappa shape index (κ3) is 1.44. The molecule has 1 N–H and O–H groups in total. The van der Waals surface area contributed by atoms with Crippen molar-refractivity contribution in [1.29, 1.82) is 0 Å². The third-order valence-electron chi connectivity index (χ3n) is 6.06. The van der Waals surface area contributed by atoms with Gasteiger partial charge in [0, 0.05) is 12.5 Å². The second kappa shape index (κ2) is 4.18. The Kier molecular flexibility index (Phi) is 2.93. The molecule has 0 aromatic carbocycles. The second-order valence-corrected chi connectivity index (χ2v) is 6.67. The maximum atomic E-state index is 11.1. The predicted octanol–water partition coefficient (Wildman–Crippen LogP) is 2.51. The normalized spacial score (nSPS) is 52.9. The van der Waals surface area contributed by atoms with Crippen LogP contribution in [-0.2, 0) is 9.47 Å². The summed E-state index contributed by atoms with van der Waals surface area (Å²) in [5, 5.41) is 11.1. The summed E-state index contributed by atoms with van der Waals surface area (Å²) in [5.41, 5.74) is 0.447. The summed E-state index contributed by atoms with van der Waals surface area (Å²) in [6.07, 6.45) is 5.62. The minimum Gasteiger partial charge on any atom is -0.391 e. The largest absolute Gasteiger partial charge is 0.391 e. The van der Waals surface area contributed by atoms with E-state index in [4.69, 9.17) is 9.47 Å². The van der Waals surface area contributed by atoms with Crippen LogP contribution in [0.3, 0.4) is 0 Å². The van der Waals surface area contributed by atoms with Gasteiger partial charge < -0.3 is 14.6 Å². The number of hydrogen-bond acceptors (Lipinski definition) is 3. The van der Waals surface area contributed by atoms with Crippen LogP contribution in [0.15, 0.2) is 24.3 Å². The zero-order valence-electron chi connectivity index (χ0n) is 12.1. The van der Waals surface area contributed by atoms with E-state index in [1.165, 1.54) is 0 Å². The van der Waals surface area contributed by atoms with E-state index in [2.05, 4.69) is 32.6 Å². The van der Waals surface area contributed by atoms with Crippen molar-refractivity contribution in [2.24, 2.45) is 22.7 Å². The molecule has 2 aliphatic carbocycles. The van der Waals surface area contributed by atoms with Crippen LogP contribution in [0.1, 0.15) is 26.7 Å². The summed E-state index contributed by atoms with van der Waals surface area (Å²) in [7, 11) is 1.65. The fourth-order valence-corrected chi connectivity index (χ4v) is 4.53. The van der Waals surface area contributed by atoms with Crippen molar-refractivity contribution >= 4 is 0 Å². The van der Waals surface area contributed by atoms with Gasteiger partial charge in [0.2, 0.25) is 0 Å². The van der Waals surface area contributed by atoms with Gasteiger partial charge in [-0.3, -0.25) is 0 Å². The van der Waals surface area contributed by atoms with Crippen molar-refractivity contribution in [1.82, 2.24) is 0 Å². The van der Waals surface area contributed by atoms with E-state index in [9.17, 15) is 5.11 Å². The molecule has 3 heteroatoms. The summed E-state index contributed by atoms with van der Waals surface area (Å²) in [6.45, 7) is 9.11. The lowest BCUT2D eigenvalue weighted by Crippen LogP contribution is -2.48. The summed E-state index contributed by atoms with van der Waals surface area (Å²) in [5.74, 6) is 0.838. The Balaban J connectivity index is 2.07. The van der Waals surface area contributed by atoms with E-state index >= 15 is 0 Å². The Morgan fingerprint density at radius 1 is 1.53 bits per heavy atom. The Hall–Kier alpha value is -0.640. The van der Waals surface area contributed by atoms with E-state index in [0.717, 1.165) is 18.4 Å². The number of aliphatic hydroxyl groups is 1. The van der Waals surface area contributed by atoms with Crippen molar-refractivity contribution < 1.29 is 14.6 Å². The molecule has 0 radical (unpaired) electrons. The zero-order valence-corrected chi connectivity index (χ0v) is 12.1. The molecule has 0 aromatic heterocycles. The number of aliphatic hydroxyl groups excluding tert-OH is 1. The molecule has 6 atom stereocenters. The lowest BCUT2D eigenvalue weighted by molar-refractivity contribution is -0.173. The molecule has 0 aromatic rings. The van der Waals surface area contributed by atoms with E-state index in [-0.39, 0.29) is 11.7 Å². The maximum absolute atomic E-state index is 11.1. The van der Waals surface area contributed by atoms with Crippen LogP contribution in [0, 0.1) is 22.7 Å². The van der Waals surface area contributed by atoms with Gasteiger partial charge in [-0.25, -0.2) is 0 Å². The van der Waals surface area contributed by atoms with Gasteiger partial charge in [0.15, 0.2) is 6.29 Å². The van der Waals surface area contributed by atoms with E-state index in [1.807, 2.05) is 0 Å². The number of ether oxygens (including phenoxy) is 2. The molecule has 1 heterocycles. The highest BCUT2D eigenvalue weighted by Gasteiger charge is 2.67. The summed E-state index contributed by atoms with van der Waals surface area (Å²) >= 11 is 0. The second-order valence-electron chi connectivity index (χ2n) is 6.67. The van der Waals surface area contributed by atoms with Crippen molar-refractivity contribution in [2.75, 3.05) is 13.7 Å². The Bertz CT molecular complexity index is 430. The first-order chi connectivity index (χ1) is 8.97. The third-order valence-corrected chi connectivity index (χ3v) is 6.06. The number of hydrogen-bond donors (Lipinski definition) is 1. The highest BCUT2D eigenvalue weighted by atomic mass is 16.7. The molecule has 1 spiro atoms. The molecule has 6 unspecified atom stereocenters. The summed E-state index contributed by atoms with van der Waals surface area (Å²) in [4.78, 5) is 0. The summed E-state index contributed by atoms with van der Waals surface area (Å²) in [6, 6.07) is 0. The Morgan fingerprint density at radius 2 is 2.26 bits per heavy atom. The van der Waals surface area contributed by atoms with Gasteiger partial charge in [-0.15, -0.1) is 0 Å². The monoisotopic (exact) mass is 264 g/mol. The van der Waals surface area contributed by atoms with Crippen molar-refractivity contribution in [3.05, 3.63) is 24.3 Å². The van der Waals surface area contributed by atoms with Gasteiger partial charge in [0.25, 0.3) is 0 Å². The SMILES string of the molecule is C=C1COC(OC)C12CC1C=CCC(C)C1(C)C2O. The fourth-order valence-electron chi connectivity index (χ4n) is 4.53. The fraction of sp³-hybridized carbons (Fsp3) is 0.750. The topological polar surface area (TPSA) is 38.7 Å². The van der Waals surface area contributed by atoms with E-state index in [1.54, 1.807) is 7.11 Å². The standard InChI is InChI=1S/C16H24O3/c1-10-6-5-7-12-8-16(13(17)15(10,12)3)11(2)9-19-14(16)18-4/h5,7,10,12-14,17H,2,6,8-9H2,1,3-4H3. The van der Waals surface area contributed by atoms with Crippen LogP contribution in [0.4, 0.5) is 0 Å². The molecule has 0 amide bonds. The number of methoxy groups -OCH3 is 1. The number of fused-ring (bicyclic) bond motifs is 1. The van der Waals surface area contributed by atoms with Crippen LogP contribution < -0.4 is 0 Å². The van der Waals surface area contributed by atoms with Crippen LogP contribution in [0.25, 0.3) is 0 Å². The molecule has 1 saturated carbocycles. The first-order valence-corrected chi connectivity index (χ1v) is 7.15. The quantitative estimate of drug-likeness (QED) is 0.740. The van der Waals surface area contributed by atoms with E-state index in [0.29, 0.717) is 18.4 Å². The molecule has 3 aliphatic rings. The van der Waals surface area contributed by atoms with Crippen LogP contribution >= 0.6 is 0 Å². The average Bonchev–Trinajstić information content (AvgIpc) is 2.83. The Labute approximate surface area is 115 Å². The number of rotatable bonds is 1. The lowest BCUT2D eigenvalue weighted by Gasteiger charge is -2.43. The average molecular weight is 264 g/mol. The molecule has 1 saturated heterocycles. The highest BCUT2D eigenvalue weighted by Crippen LogP contribution is 2.64. The minimum absolute atomic E-state index is 0.109. The van der Waals surface area contributed by atoms with Crippen molar-refractivity contribution in [2.45, 2.75) is 39.1 Å². The number of allylic oxidation sites excluding steroid dienone is 2. The smallest absolute Gasteiger partial charge is 0.169 e. The molecule has 19 heavy (non-hydrogen) atoms.